The summed E-state index contributed by atoms with van der Waals surface area (Å²) in [6.07, 6.45) is 3.91. The SMILES string of the molecule is CNC(=O)NCCC#Cc1cc2c(c(C(=O)N[C@H](O)C(C)c3c[nH]c4ccccc34)c1)OCCCC2. The number of aliphatic hydroxyl groups is 1. The van der Waals surface area contributed by atoms with Crippen LogP contribution in [-0.4, -0.2) is 48.5 Å². The Labute approximate surface area is 210 Å². The maximum atomic E-state index is 13.4. The number of ether oxygens (including phenoxy) is 1. The molecule has 1 aromatic heterocycles. The van der Waals surface area contributed by atoms with Crippen LogP contribution in [0.1, 0.15) is 59.2 Å². The van der Waals surface area contributed by atoms with Crippen molar-refractivity contribution < 1.29 is 19.4 Å². The predicted octanol–water partition coefficient (Wildman–Crippen LogP) is 3.41. The molecule has 2 atom stereocenters. The molecule has 0 saturated heterocycles. The van der Waals surface area contributed by atoms with E-state index in [1.165, 1.54) is 0 Å². The van der Waals surface area contributed by atoms with Crippen molar-refractivity contribution in [2.24, 2.45) is 0 Å². The third-order valence-electron chi connectivity index (χ3n) is 6.36. The van der Waals surface area contributed by atoms with E-state index in [0.29, 0.717) is 36.4 Å². The first-order valence-corrected chi connectivity index (χ1v) is 12.3. The molecule has 188 valence electrons. The number of hydrogen-bond donors (Lipinski definition) is 5. The monoisotopic (exact) mass is 488 g/mol. The second kappa shape index (κ2) is 11.6. The number of hydrogen-bond acceptors (Lipinski definition) is 4. The lowest BCUT2D eigenvalue weighted by atomic mass is 9.97. The van der Waals surface area contributed by atoms with E-state index < -0.39 is 12.1 Å². The highest BCUT2D eigenvalue weighted by molar-refractivity contribution is 5.98. The van der Waals surface area contributed by atoms with Gasteiger partial charge < -0.3 is 30.8 Å². The number of amides is 3. The fourth-order valence-corrected chi connectivity index (χ4v) is 4.35. The van der Waals surface area contributed by atoms with Crippen LogP contribution < -0.4 is 20.7 Å². The number of carbonyl (C=O) groups is 2. The molecule has 2 aromatic carbocycles. The van der Waals surface area contributed by atoms with Gasteiger partial charge in [0.25, 0.3) is 5.91 Å². The van der Waals surface area contributed by atoms with Gasteiger partial charge in [0, 0.05) is 48.6 Å². The molecule has 5 N–H and O–H groups in total. The van der Waals surface area contributed by atoms with E-state index in [4.69, 9.17) is 4.74 Å². The van der Waals surface area contributed by atoms with E-state index >= 15 is 0 Å². The lowest BCUT2D eigenvalue weighted by molar-refractivity contribution is 0.0724. The first-order chi connectivity index (χ1) is 17.5. The molecule has 4 rings (SSSR count). The number of aryl methyl sites for hydroxylation is 1. The highest BCUT2D eigenvalue weighted by Gasteiger charge is 2.25. The van der Waals surface area contributed by atoms with Gasteiger partial charge in [-0.3, -0.25) is 4.79 Å². The molecule has 0 saturated carbocycles. The van der Waals surface area contributed by atoms with Crippen molar-refractivity contribution in [2.45, 2.75) is 44.8 Å². The van der Waals surface area contributed by atoms with Crippen molar-refractivity contribution in [3.05, 3.63) is 64.8 Å². The number of urea groups is 1. The van der Waals surface area contributed by atoms with E-state index in [1.54, 1.807) is 13.1 Å². The number of aromatic amines is 1. The topological polar surface area (TPSA) is 115 Å². The first kappa shape index (κ1) is 25.1. The quantitative estimate of drug-likeness (QED) is 0.208. The third-order valence-corrected chi connectivity index (χ3v) is 6.36. The van der Waals surface area contributed by atoms with Gasteiger partial charge in [-0.2, -0.15) is 0 Å². The molecule has 3 aromatic rings. The Morgan fingerprint density at radius 1 is 1.22 bits per heavy atom. The van der Waals surface area contributed by atoms with Gasteiger partial charge >= 0.3 is 6.03 Å². The molecule has 0 fully saturated rings. The zero-order valence-electron chi connectivity index (χ0n) is 20.6. The van der Waals surface area contributed by atoms with Crippen LogP contribution in [0.15, 0.2) is 42.6 Å². The summed E-state index contributed by atoms with van der Waals surface area (Å²) < 4.78 is 5.96. The van der Waals surface area contributed by atoms with Crippen molar-refractivity contribution >= 4 is 22.8 Å². The molecule has 8 heteroatoms. The smallest absolute Gasteiger partial charge is 0.314 e. The molecular formula is C28H32N4O4. The summed E-state index contributed by atoms with van der Waals surface area (Å²) in [5.74, 6) is 5.96. The van der Waals surface area contributed by atoms with Crippen molar-refractivity contribution in [2.75, 3.05) is 20.2 Å². The van der Waals surface area contributed by atoms with E-state index in [9.17, 15) is 14.7 Å². The van der Waals surface area contributed by atoms with Gasteiger partial charge in [0.05, 0.1) is 12.2 Å². The summed E-state index contributed by atoms with van der Waals surface area (Å²) in [5.41, 5.74) is 3.91. The summed E-state index contributed by atoms with van der Waals surface area (Å²) in [6, 6.07) is 11.3. The fraction of sp³-hybridized carbons (Fsp3) is 0.357. The Kier molecular flexibility index (Phi) is 8.13. The zero-order chi connectivity index (χ0) is 25.5. The molecule has 0 spiro atoms. The van der Waals surface area contributed by atoms with Crippen LogP contribution in [0, 0.1) is 11.8 Å². The number of aromatic nitrogens is 1. The average Bonchev–Trinajstić information content (AvgIpc) is 3.17. The highest BCUT2D eigenvalue weighted by Crippen LogP contribution is 2.31. The highest BCUT2D eigenvalue weighted by atomic mass is 16.5. The van der Waals surface area contributed by atoms with Crippen LogP contribution in [0.25, 0.3) is 10.9 Å². The molecule has 1 unspecified atom stereocenters. The third kappa shape index (κ3) is 5.81. The van der Waals surface area contributed by atoms with E-state index in [0.717, 1.165) is 41.3 Å². The van der Waals surface area contributed by atoms with Crippen molar-refractivity contribution in [1.29, 1.82) is 0 Å². The second-order valence-corrected chi connectivity index (χ2v) is 8.87. The Morgan fingerprint density at radius 3 is 2.89 bits per heavy atom. The predicted molar refractivity (Wildman–Crippen MR) is 139 cm³/mol. The van der Waals surface area contributed by atoms with Gasteiger partial charge in [0.15, 0.2) is 0 Å². The zero-order valence-corrected chi connectivity index (χ0v) is 20.6. The Balaban J connectivity index is 1.53. The number of carbonyl (C=O) groups excluding carboxylic acids is 2. The van der Waals surface area contributed by atoms with Gasteiger partial charge in [-0.05, 0) is 48.6 Å². The minimum Gasteiger partial charge on any atom is -0.492 e. The summed E-state index contributed by atoms with van der Waals surface area (Å²) >= 11 is 0. The molecule has 1 aliphatic rings. The summed E-state index contributed by atoms with van der Waals surface area (Å²) in [6.45, 7) is 2.84. The first-order valence-electron chi connectivity index (χ1n) is 12.3. The number of rotatable bonds is 6. The summed E-state index contributed by atoms with van der Waals surface area (Å²) in [4.78, 5) is 27.9. The fourth-order valence-electron chi connectivity index (χ4n) is 4.35. The van der Waals surface area contributed by atoms with E-state index in [2.05, 4.69) is 32.8 Å². The molecule has 2 heterocycles. The van der Waals surface area contributed by atoms with Gasteiger partial charge in [0.2, 0.25) is 0 Å². The molecular weight excluding hydrogens is 456 g/mol. The Hall–Kier alpha value is -3.96. The molecule has 0 aliphatic carbocycles. The number of nitrogens with one attached hydrogen (secondary N) is 4. The maximum absolute atomic E-state index is 13.4. The number of aliphatic hydroxyl groups excluding tert-OH is 1. The van der Waals surface area contributed by atoms with Gasteiger partial charge in [-0.1, -0.05) is 37.0 Å². The minimum absolute atomic E-state index is 0.252. The van der Waals surface area contributed by atoms with Gasteiger partial charge in [-0.25, -0.2) is 4.79 Å². The van der Waals surface area contributed by atoms with Crippen LogP contribution in [0.2, 0.25) is 0 Å². The minimum atomic E-state index is -1.09. The lowest BCUT2D eigenvalue weighted by Crippen LogP contribution is -2.38. The van der Waals surface area contributed by atoms with Crippen molar-refractivity contribution in [3.63, 3.8) is 0 Å². The summed E-state index contributed by atoms with van der Waals surface area (Å²) in [7, 11) is 1.56. The lowest BCUT2D eigenvalue weighted by Gasteiger charge is -2.21. The average molecular weight is 489 g/mol. The standard InChI is InChI=1S/C28H32N4O4/c1-18(23-17-31-24-12-4-3-11-21(23)24)26(33)32-27(34)22-16-19(9-5-7-13-30-28(35)29-2)15-20-10-6-8-14-36-25(20)22/h3-4,11-12,15-18,26,31,33H,6-8,10,13-14H2,1-2H3,(H,32,34)(H2,29,30,35)/t18?,26-/m1/s1. The Bertz CT molecular complexity index is 1300. The second-order valence-electron chi connectivity index (χ2n) is 8.87. The maximum Gasteiger partial charge on any atom is 0.314 e. The molecule has 3 amide bonds. The largest absolute Gasteiger partial charge is 0.492 e. The van der Waals surface area contributed by atoms with Crippen LogP contribution in [0.3, 0.4) is 0 Å². The van der Waals surface area contributed by atoms with Crippen LogP contribution in [-0.2, 0) is 6.42 Å². The Morgan fingerprint density at radius 2 is 2.06 bits per heavy atom. The van der Waals surface area contributed by atoms with Gasteiger partial charge in [-0.15, -0.1) is 0 Å². The van der Waals surface area contributed by atoms with Crippen molar-refractivity contribution in [1.82, 2.24) is 20.9 Å². The van der Waals surface area contributed by atoms with E-state index in [-0.39, 0.29) is 11.9 Å². The van der Waals surface area contributed by atoms with Crippen molar-refractivity contribution in [3.8, 4) is 17.6 Å². The summed E-state index contributed by atoms with van der Waals surface area (Å²) in [5, 5.41) is 19.9. The number of fused-ring (bicyclic) bond motifs is 2. The number of para-hydroxylation sites is 1. The van der Waals surface area contributed by atoms with Crippen LogP contribution in [0.4, 0.5) is 4.79 Å². The molecule has 1 aliphatic heterocycles. The van der Waals surface area contributed by atoms with Gasteiger partial charge in [0.1, 0.15) is 12.0 Å². The van der Waals surface area contributed by atoms with E-state index in [1.807, 2.05) is 43.5 Å². The molecule has 8 nitrogen and oxygen atoms in total. The molecule has 36 heavy (non-hydrogen) atoms. The molecule has 0 bridgehead atoms. The number of benzene rings is 2. The normalized spacial score (nSPS) is 14.3. The molecule has 0 radical (unpaired) electrons. The van der Waals surface area contributed by atoms with Crippen LogP contribution in [0.5, 0.6) is 5.75 Å². The number of H-pyrrole nitrogens is 1. The van der Waals surface area contributed by atoms with Crippen LogP contribution >= 0.6 is 0 Å².